The van der Waals surface area contributed by atoms with Crippen LogP contribution in [0.1, 0.15) is 178 Å². The minimum absolute atomic E-state index is 0.0232. The summed E-state index contributed by atoms with van der Waals surface area (Å²) in [5.41, 5.74) is 2.84. The molecule has 2 atom stereocenters. The summed E-state index contributed by atoms with van der Waals surface area (Å²) in [5, 5.41) is 0. The second-order valence-electron chi connectivity index (χ2n) is 14.1. The lowest BCUT2D eigenvalue weighted by Crippen LogP contribution is -2.35. The predicted octanol–water partition coefficient (Wildman–Crippen LogP) is 13.4. The lowest BCUT2D eigenvalue weighted by molar-refractivity contribution is 0.321. The van der Waals surface area contributed by atoms with Crippen LogP contribution in [0.15, 0.2) is 73.1 Å². The maximum atomic E-state index is 5.13. The van der Waals surface area contributed by atoms with E-state index in [2.05, 4.69) is 98.4 Å². The van der Waals surface area contributed by atoms with Gasteiger partial charge in [-0.3, -0.25) is 0 Å². The van der Waals surface area contributed by atoms with Crippen LogP contribution in [0.3, 0.4) is 0 Å². The van der Waals surface area contributed by atoms with Gasteiger partial charge in [-0.25, -0.2) is 4.98 Å². The van der Waals surface area contributed by atoms with Gasteiger partial charge in [0.25, 0.3) is 0 Å². The smallest absolute Gasteiger partial charge is 0.112 e. The molecule has 1 aromatic heterocycles. The first-order valence-electron chi connectivity index (χ1n) is 19.3. The normalized spacial score (nSPS) is 13.6. The van der Waals surface area contributed by atoms with Gasteiger partial charge >= 0.3 is 0 Å². The second-order valence-corrected chi connectivity index (χ2v) is 14.1. The lowest BCUT2D eigenvalue weighted by Gasteiger charge is -2.39. The van der Waals surface area contributed by atoms with Gasteiger partial charge in [0.05, 0.1) is 0 Å². The monoisotopic (exact) mass is 613 g/mol. The average molecular weight is 613 g/mol. The summed E-state index contributed by atoms with van der Waals surface area (Å²) in [6, 6.07) is 22.5. The first kappa shape index (κ1) is 37.1. The Hall–Kier alpha value is -2.35. The van der Waals surface area contributed by atoms with Crippen LogP contribution in [-0.4, -0.2) is 9.55 Å². The van der Waals surface area contributed by atoms with Crippen molar-refractivity contribution in [1.82, 2.24) is 9.55 Å². The van der Waals surface area contributed by atoms with Gasteiger partial charge in [0, 0.05) is 30.3 Å². The quantitative estimate of drug-likeness (QED) is 0.0783. The van der Waals surface area contributed by atoms with E-state index in [0.717, 1.165) is 13.0 Å². The molecule has 0 aliphatic carbocycles. The first-order chi connectivity index (χ1) is 22.2. The highest BCUT2D eigenvalue weighted by atomic mass is 15.1. The molecule has 0 aliphatic rings. The number of nitrogens with zero attached hydrogens (tertiary/aromatic N) is 2. The van der Waals surface area contributed by atoms with Crippen LogP contribution < -0.4 is 0 Å². The highest BCUT2D eigenvalue weighted by Crippen LogP contribution is 2.44. The number of benzene rings is 2. The van der Waals surface area contributed by atoms with Gasteiger partial charge in [-0.1, -0.05) is 203 Å². The van der Waals surface area contributed by atoms with E-state index in [1.54, 1.807) is 0 Å². The molecule has 0 saturated heterocycles. The van der Waals surface area contributed by atoms with Crippen molar-refractivity contribution < 1.29 is 0 Å². The van der Waals surface area contributed by atoms with Gasteiger partial charge in [-0.05, 0) is 30.4 Å². The van der Waals surface area contributed by atoms with E-state index < -0.39 is 0 Å². The molecule has 2 unspecified atom stereocenters. The van der Waals surface area contributed by atoms with Crippen LogP contribution in [0.4, 0.5) is 0 Å². The van der Waals surface area contributed by atoms with Crippen molar-refractivity contribution in [3.63, 3.8) is 0 Å². The van der Waals surface area contributed by atoms with Gasteiger partial charge in [0.1, 0.15) is 5.82 Å². The Balaban J connectivity index is 1.57. The fraction of sp³-hybridized carbons (Fsp3) is 0.651. The van der Waals surface area contributed by atoms with Gasteiger partial charge in [-0.2, -0.15) is 0 Å². The Bertz CT molecular complexity index is 1090. The summed E-state index contributed by atoms with van der Waals surface area (Å²) >= 11 is 0. The molecule has 0 bridgehead atoms. The number of aryl methyl sites for hydroxylation is 1. The summed E-state index contributed by atoms with van der Waals surface area (Å²) in [5.74, 6) is 1.69. The second kappa shape index (κ2) is 23.0. The third-order valence-corrected chi connectivity index (χ3v) is 10.3. The Morgan fingerprint density at radius 3 is 1.58 bits per heavy atom. The maximum Gasteiger partial charge on any atom is 0.112 e. The van der Waals surface area contributed by atoms with Gasteiger partial charge < -0.3 is 4.57 Å². The number of hydrogen-bond acceptors (Lipinski definition) is 1. The van der Waals surface area contributed by atoms with E-state index in [1.165, 1.54) is 152 Å². The molecule has 0 N–H and O–H groups in total. The summed E-state index contributed by atoms with van der Waals surface area (Å²) < 4.78 is 2.52. The number of rotatable bonds is 27. The fourth-order valence-corrected chi connectivity index (χ4v) is 7.42. The Morgan fingerprint density at radius 1 is 0.578 bits per heavy atom. The molecule has 250 valence electrons. The van der Waals surface area contributed by atoms with Crippen LogP contribution >= 0.6 is 0 Å². The van der Waals surface area contributed by atoms with E-state index in [1.807, 2.05) is 0 Å². The third-order valence-electron chi connectivity index (χ3n) is 10.3. The van der Waals surface area contributed by atoms with E-state index in [9.17, 15) is 0 Å². The molecule has 2 nitrogen and oxygen atoms in total. The molecule has 0 amide bonds. The van der Waals surface area contributed by atoms with Crippen molar-refractivity contribution in [3.05, 3.63) is 90.0 Å². The molecular formula is C43H68N2. The zero-order chi connectivity index (χ0) is 31.8. The number of unbranched alkanes of at least 4 members (excludes halogenated alkanes) is 18. The van der Waals surface area contributed by atoms with E-state index in [0.29, 0.717) is 5.92 Å². The summed E-state index contributed by atoms with van der Waals surface area (Å²) in [4.78, 5) is 5.13. The van der Waals surface area contributed by atoms with Crippen LogP contribution in [0.5, 0.6) is 0 Å². The number of aromatic nitrogens is 2. The molecule has 3 aromatic rings. The molecule has 0 aliphatic heterocycles. The minimum atomic E-state index is -0.0232. The van der Waals surface area contributed by atoms with Crippen molar-refractivity contribution in [3.8, 4) is 0 Å². The summed E-state index contributed by atoms with van der Waals surface area (Å²) in [6.07, 6.45) is 34.2. The molecule has 3 rings (SSSR count). The molecule has 2 aromatic carbocycles. The molecule has 2 heteroatoms. The highest BCUT2D eigenvalue weighted by Gasteiger charge is 2.39. The zero-order valence-corrected chi connectivity index (χ0v) is 29.7. The van der Waals surface area contributed by atoms with Crippen LogP contribution in [-0.2, 0) is 18.4 Å². The largest absolute Gasteiger partial charge is 0.335 e. The number of imidazole rings is 1. The minimum Gasteiger partial charge on any atom is -0.335 e. The van der Waals surface area contributed by atoms with Crippen molar-refractivity contribution >= 4 is 0 Å². The predicted molar refractivity (Wildman–Crippen MR) is 197 cm³/mol. The van der Waals surface area contributed by atoms with E-state index >= 15 is 0 Å². The van der Waals surface area contributed by atoms with E-state index in [-0.39, 0.29) is 5.41 Å². The van der Waals surface area contributed by atoms with Gasteiger partial charge in [0.15, 0.2) is 0 Å². The Morgan fingerprint density at radius 2 is 1.04 bits per heavy atom. The van der Waals surface area contributed by atoms with Gasteiger partial charge in [-0.15, -0.1) is 0 Å². The van der Waals surface area contributed by atoms with Crippen LogP contribution in [0.2, 0.25) is 0 Å². The Kier molecular flexibility index (Phi) is 19.0. The highest BCUT2D eigenvalue weighted by molar-refractivity contribution is 5.33. The lowest BCUT2D eigenvalue weighted by atomic mass is 9.66. The van der Waals surface area contributed by atoms with Crippen molar-refractivity contribution in [2.75, 3.05) is 0 Å². The zero-order valence-electron chi connectivity index (χ0n) is 29.7. The average Bonchev–Trinajstić information content (AvgIpc) is 3.53. The molecule has 0 radical (unpaired) electrons. The van der Waals surface area contributed by atoms with Crippen LogP contribution in [0, 0.1) is 0 Å². The van der Waals surface area contributed by atoms with Crippen molar-refractivity contribution in [1.29, 1.82) is 0 Å². The Labute approximate surface area is 278 Å². The first-order valence-corrected chi connectivity index (χ1v) is 19.3. The molecule has 0 fully saturated rings. The molecule has 0 saturated carbocycles. The van der Waals surface area contributed by atoms with Crippen molar-refractivity contribution in [2.24, 2.45) is 0 Å². The molecule has 1 heterocycles. The summed E-state index contributed by atoms with van der Waals surface area (Å²) in [7, 11) is 0. The molecular weight excluding hydrogens is 544 g/mol. The van der Waals surface area contributed by atoms with Gasteiger partial charge in [0.2, 0.25) is 0 Å². The maximum absolute atomic E-state index is 5.13. The fourth-order valence-electron chi connectivity index (χ4n) is 7.42. The van der Waals surface area contributed by atoms with Crippen LogP contribution in [0.25, 0.3) is 0 Å². The number of hydrogen-bond donors (Lipinski definition) is 0. The SMILES string of the molecule is CCCCCCCCCCCCCCCCn1ccnc1C(CCCCCCCC)C(C)(Cc1ccccc1)c1ccccc1. The summed E-state index contributed by atoms with van der Waals surface area (Å²) in [6.45, 7) is 8.22. The molecule has 0 spiro atoms. The third kappa shape index (κ3) is 13.9. The van der Waals surface area contributed by atoms with Crippen molar-refractivity contribution in [2.45, 2.75) is 180 Å². The standard InChI is InChI=1S/C43H68N2/c1-4-6-8-10-12-13-14-15-16-17-18-19-21-29-36-45-37-35-44-42(45)41(34-28-20-11-9-7-5-2)43(3,40-32-26-23-27-33-40)38-39-30-24-22-25-31-39/h22-27,30-33,35,37,41H,4-21,28-29,34,36,38H2,1-3H3. The van der Waals surface area contributed by atoms with E-state index in [4.69, 9.17) is 4.98 Å². The topological polar surface area (TPSA) is 17.8 Å². The molecule has 45 heavy (non-hydrogen) atoms.